The molecule has 1 saturated heterocycles. The Labute approximate surface area is 144 Å². The summed E-state index contributed by atoms with van der Waals surface area (Å²) in [4.78, 5) is 14.4. The number of halogens is 2. The highest BCUT2D eigenvalue weighted by Gasteiger charge is 2.29. The lowest BCUT2D eigenvalue weighted by Crippen LogP contribution is -2.34. The minimum Gasteiger partial charge on any atom is -0.376 e. The maximum Gasteiger partial charge on any atom is 0.259 e. The summed E-state index contributed by atoms with van der Waals surface area (Å²) in [6, 6.07) is 4.32. The van der Waals surface area contributed by atoms with Crippen LogP contribution in [-0.2, 0) is 4.74 Å². The Bertz CT molecular complexity index is 736. The van der Waals surface area contributed by atoms with E-state index >= 15 is 0 Å². The summed E-state index contributed by atoms with van der Waals surface area (Å²) in [6.07, 6.45) is 1.95. The molecule has 1 aromatic heterocycles. The maximum atomic E-state index is 14.2. The third kappa shape index (κ3) is 3.16. The number of aryl methyl sites for hydroxylation is 1. The van der Waals surface area contributed by atoms with Crippen LogP contribution < -0.4 is 0 Å². The molecule has 5 nitrogen and oxygen atoms in total. The third-order valence-corrected chi connectivity index (χ3v) is 4.44. The van der Waals surface area contributed by atoms with E-state index in [9.17, 15) is 9.18 Å². The Hall–Kier alpha value is -1.92. The minimum atomic E-state index is -0.549. The van der Waals surface area contributed by atoms with Crippen molar-refractivity contribution >= 4 is 17.5 Å². The first-order valence-electron chi connectivity index (χ1n) is 7.76. The zero-order valence-corrected chi connectivity index (χ0v) is 14.3. The Morgan fingerprint density at radius 3 is 2.96 bits per heavy atom. The molecule has 0 spiro atoms. The summed E-state index contributed by atoms with van der Waals surface area (Å²) in [6.45, 7) is 2.81. The molecule has 2 aromatic rings. The average molecular weight is 353 g/mol. The number of nitrogens with zero attached hydrogens (tertiary/aromatic N) is 2. The molecule has 0 radical (unpaired) electrons. The van der Waals surface area contributed by atoms with E-state index in [0.717, 1.165) is 19.4 Å². The number of aromatic nitrogens is 1. The Morgan fingerprint density at radius 2 is 2.29 bits per heavy atom. The molecule has 24 heavy (non-hydrogen) atoms. The van der Waals surface area contributed by atoms with Crippen LogP contribution >= 0.6 is 11.6 Å². The van der Waals surface area contributed by atoms with Gasteiger partial charge in [-0.2, -0.15) is 0 Å². The van der Waals surface area contributed by atoms with Gasteiger partial charge in [-0.3, -0.25) is 4.79 Å². The van der Waals surface area contributed by atoms with Crippen LogP contribution in [0.3, 0.4) is 0 Å². The van der Waals surface area contributed by atoms with Crippen molar-refractivity contribution < 1.29 is 18.4 Å². The van der Waals surface area contributed by atoms with Gasteiger partial charge in [0.2, 0.25) is 0 Å². The van der Waals surface area contributed by atoms with Crippen molar-refractivity contribution in [2.75, 3.05) is 20.2 Å². The van der Waals surface area contributed by atoms with Crippen LogP contribution in [0, 0.1) is 12.7 Å². The van der Waals surface area contributed by atoms with Crippen molar-refractivity contribution in [3.05, 3.63) is 40.4 Å². The molecule has 1 aliphatic rings. The standard InChI is InChI=1S/C17H18ClFN2O3/c1-10-14(17(22)21(2)9-11-5-4-8-23-11)16(20-24-10)15-12(18)6-3-7-13(15)19/h3,6-7,11H,4-5,8-9H2,1-2H3. The van der Waals surface area contributed by atoms with E-state index in [1.54, 1.807) is 24.9 Å². The zero-order chi connectivity index (χ0) is 17.3. The molecule has 1 fully saturated rings. The molecule has 1 aromatic carbocycles. The highest BCUT2D eigenvalue weighted by atomic mass is 35.5. The van der Waals surface area contributed by atoms with E-state index in [1.807, 2.05) is 0 Å². The summed E-state index contributed by atoms with van der Waals surface area (Å²) in [5, 5.41) is 4.04. The van der Waals surface area contributed by atoms with Gasteiger partial charge in [0.05, 0.1) is 16.7 Å². The SMILES string of the molecule is Cc1onc(-c2c(F)cccc2Cl)c1C(=O)N(C)CC1CCCO1. The topological polar surface area (TPSA) is 55.6 Å². The molecule has 3 rings (SSSR count). The zero-order valence-electron chi connectivity index (χ0n) is 13.5. The van der Waals surface area contributed by atoms with Crippen molar-refractivity contribution in [3.8, 4) is 11.3 Å². The van der Waals surface area contributed by atoms with Gasteiger partial charge in [-0.05, 0) is 31.9 Å². The van der Waals surface area contributed by atoms with Crippen LogP contribution in [-0.4, -0.2) is 42.3 Å². The van der Waals surface area contributed by atoms with Gasteiger partial charge in [-0.25, -0.2) is 4.39 Å². The lowest BCUT2D eigenvalue weighted by atomic mass is 10.0. The monoisotopic (exact) mass is 352 g/mol. The second kappa shape index (κ2) is 6.91. The first-order valence-corrected chi connectivity index (χ1v) is 8.14. The van der Waals surface area contributed by atoms with Crippen LogP contribution in [0.15, 0.2) is 22.7 Å². The van der Waals surface area contributed by atoms with E-state index < -0.39 is 5.82 Å². The van der Waals surface area contributed by atoms with Crippen molar-refractivity contribution in [1.29, 1.82) is 0 Å². The molecule has 1 unspecified atom stereocenters. The highest BCUT2D eigenvalue weighted by molar-refractivity contribution is 6.33. The van der Waals surface area contributed by atoms with Gasteiger partial charge in [0.25, 0.3) is 5.91 Å². The maximum absolute atomic E-state index is 14.2. The normalized spacial score (nSPS) is 17.2. The van der Waals surface area contributed by atoms with Gasteiger partial charge in [-0.15, -0.1) is 0 Å². The molecular formula is C17H18ClFN2O3. The number of hydrogen-bond donors (Lipinski definition) is 0. The fourth-order valence-electron chi connectivity index (χ4n) is 2.89. The summed E-state index contributed by atoms with van der Waals surface area (Å²) in [7, 11) is 1.68. The van der Waals surface area contributed by atoms with Gasteiger partial charge in [0, 0.05) is 20.2 Å². The Morgan fingerprint density at radius 1 is 1.50 bits per heavy atom. The van der Waals surface area contributed by atoms with E-state index in [2.05, 4.69) is 5.16 Å². The Balaban J connectivity index is 1.93. The number of likely N-dealkylation sites (N-methyl/N-ethyl adjacent to an activating group) is 1. The van der Waals surface area contributed by atoms with Gasteiger partial charge in [0.15, 0.2) is 0 Å². The lowest BCUT2D eigenvalue weighted by Gasteiger charge is -2.21. The highest BCUT2D eigenvalue weighted by Crippen LogP contribution is 2.34. The third-order valence-electron chi connectivity index (χ3n) is 4.12. The number of carbonyl (C=O) groups excluding carboxylic acids is 1. The fourth-order valence-corrected chi connectivity index (χ4v) is 3.14. The number of amides is 1. The minimum absolute atomic E-state index is 0.0274. The van der Waals surface area contributed by atoms with Crippen molar-refractivity contribution in [1.82, 2.24) is 10.1 Å². The molecule has 0 aliphatic carbocycles. The smallest absolute Gasteiger partial charge is 0.259 e. The summed E-state index contributed by atoms with van der Waals surface area (Å²) >= 11 is 6.10. The lowest BCUT2D eigenvalue weighted by molar-refractivity contribution is 0.0586. The molecule has 2 heterocycles. The molecule has 1 atom stereocenters. The fraction of sp³-hybridized carbons (Fsp3) is 0.412. The first-order chi connectivity index (χ1) is 11.5. The molecule has 1 amide bonds. The number of ether oxygens (including phenoxy) is 1. The van der Waals surface area contributed by atoms with E-state index in [1.165, 1.54) is 12.1 Å². The second-order valence-corrected chi connectivity index (χ2v) is 6.29. The average Bonchev–Trinajstić information content (AvgIpc) is 3.16. The molecular weight excluding hydrogens is 335 g/mol. The number of rotatable bonds is 4. The molecule has 1 aliphatic heterocycles. The van der Waals surface area contributed by atoms with Gasteiger partial charge in [-0.1, -0.05) is 22.8 Å². The number of carbonyl (C=O) groups is 1. The second-order valence-electron chi connectivity index (χ2n) is 5.88. The predicted octanol–water partition coefficient (Wildman–Crippen LogP) is 3.69. The summed E-state index contributed by atoms with van der Waals surface area (Å²) < 4.78 is 24.9. The van der Waals surface area contributed by atoms with Crippen LogP contribution in [0.25, 0.3) is 11.3 Å². The quantitative estimate of drug-likeness (QED) is 0.842. The van der Waals surface area contributed by atoms with Crippen molar-refractivity contribution in [3.63, 3.8) is 0 Å². The first kappa shape index (κ1) is 16.9. The molecule has 0 saturated carbocycles. The summed E-state index contributed by atoms with van der Waals surface area (Å²) in [5.74, 6) is -0.515. The van der Waals surface area contributed by atoms with Gasteiger partial charge < -0.3 is 14.2 Å². The molecule has 0 N–H and O–H groups in total. The number of benzene rings is 1. The van der Waals surface area contributed by atoms with E-state index in [-0.39, 0.29) is 33.9 Å². The van der Waals surface area contributed by atoms with Crippen LogP contribution in [0.4, 0.5) is 4.39 Å². The van der Waals surface area contributed by atoms with E-state index in [4.69, 9.17) is 20.9 Å². The van der Waals surface area contributed by atoms with Crippen molar-refractivity contribution in [2.24, 2.45) is 0 Å². The number of hydrogen-bond acceptors (Lipinski definition) is 4. The van der Waals surface area contributed by atoms with Gasteiger partial charge in [0.1, 0.15) is 22.8 Å². The predicted molar refractivity (Wildman–Crippen MR) is 87.6 cm³/mol. The largest absolute Gasteiger partial charge is 0.376 e. The summed E-state index contributed by atoms with van der Waals surface area (Å²) in [5.41, 5.74) is 0.423. The van der Waals surface area contributed by atoms with Crippen LogP contribution in [0.1, 0.15) is 29.0 Å². The van der Waals surface area contributed by atoms with E-state index in [0.29, 0.717) is 12.3 Å². The van der Waals surface area contributed by atoms with Gasteiger partial charge >= 0.3 is 0 Å². The van der Waals surface area contributed by atoms with Crippen molar-refractivity contribution in [2.45, 2.75) is 25.9 Å². The van der Waals surface area contributed by atoms with Crippen LogP contribution in [0.2, 0.25) is 5.02 Å². The molecule has 0 bridgehead atoms. The van der Waals surface area contributed by atoms with Crippen LogP contribution in [0.5, 0.6) is 0 Å². The Kier molecular flexibility index (Phi) is 4.87. The molecule has 128 valence electrons. The molecule has 7 heteroatoms.